The molecule has 0 amide bonds. The minimum Gasteiger partial charge on any atom is -0.299 e. The topological polar surface area (TPSA) is 6.48 Å². The van der Waals surface area contributed by atoms with E-state index in [1.165, 1.54) is 0 Å². The summed E-state index contributed by atoms with van der Waals surface area (Å²) < 4.78 is 25.8. The van der Waals surface area contributed by atoms with Crippen LogP contribution >= 0.6 is 0 Å². The number of rotatable bonds is 0. The molecule has 1 rings (SSSR count). The lowest BCUT2D eigenvalue weighted by Gasteiger charge is -2.19. The molecule has 2 nitrogen and oxygen atoms in total. The van der Waals surface area contributed by atoms with E-state index >= 15 is 0 Å². The molecule has 1 saturated heterocycles. The van der Waals surface area contributed by atoms with Gasteiger partial charge in [0, 0.05) is 13.1 Å². The van der Waals surface area contributed by atoms with Crippen LogP contribution < -0.4 is 0 Å². The SMILES string of the molecule is CN1CCN(C)CC(F)(F)C1. The van der Waals surface area contributed by atoms with E-state index in [0.717, 1.165) is 13.1 Å². The van der Waals surface area contributed by atoms with Gasteiger partial charge in [0.15, 0.2) is 0 Å². The number of alkyl halides is 2. The molecule has 0 unspecified atom stereocenters. The van der Waals surface area contributed by atoms with Crippen LogP contribution in [-0.4, -0.2) is 56.0 Å². The lowest BCUT2D eigenvalue weighted by Crippen LogP contribution is -2.37. The van der Waals surface area contributed by atoms with Crippen LogP contribution in [0.25, 0.3) is 0 Å². The summed E-state index contributed by atoms with van der Waals surface area (Å²) in [5, 5.41) is 0. The Morgan fingerprint density at radius 1 is 1.00 bits per heavy atom. The summed E-state index contributed by atoms with van der Waals surface area (Å²) in [6, 6.07) is 0. The molecule has 0 aromatic rings. The second-order valence-electron chi connectivity index (χ2n) is 3.33. The molecule has 0 aromatic carbocycles. The van der Waals surface area contributed by atoms with Gasteiger partial charge in [-0.15, -0.1) is 0 Å². The highest BCUT2D eigenvalue weighted by molar-refractivity contribution is 4.78. The molecule has 0 bridgehead atoms. The average molecular weight is 164 g/mol. The number of nitrogens with zero attached hydrogens (tertiary/aromatic N) is 2. The first-order chi connectivity index (χ1) is 4.99. The van der Waals surface area contributed by atoms with Crippen molar-refractivity contribution in [2.24, 2.45) is 0 Å². The van der Waals surface area contributed by atoms with Crippen LogP contribution in [0.15, 0.2) is 0 Å². The van der Waals surface area contributed by atoms with Crippen LogP contribution in [0.5, 0.6) is 0 Å². The Morgan fingerprint density at radius 2 is 1.36 bits per heavy atom. The first kappa shape index (κ1) is 8.87. The van der Waals surface area contributed by atoms with Crippen molar-refractivity contribution in [3.63, 3.8) is 0 Å². The van der Waals surface area contributed by atoms with Crippen LogP contribution in [0, 0.1) is 0 Å². The van der Waals surface area contributed by atoms with E-state index in [9.17, 15) is 8.78 Å². The van der Waals surface area contributed by atoms with E-state index in [1.807, 2.05) is 0 Å². The van der Waals surface area contributed by atoms with Gasteiger partial charge in [-0.1, -0.05) is 0 Å². The summed E-state index contributed by atoms with van der Waals surface area (Å²) >= 11 is 0. The maximum absolute atomic E-state index is 12.9. The molecule has 1 aliphatic heterocycles. The normalized spacial score (nSPS) is 28.4. The van der Waals surface area contributed by atoms with E-state index < -0.39 is 5.92 Å². The molecule has 0 aromatic heterocycles. The molecule has 0 atom stereocenters. The zero-order valence-corrected chi connectivity index (χ0v) is 6.98. The van der Waals surface area contributed by atoms with Crippen molar-refractivity contribution in [3.8, 4) is 0 Å². The third-order valence-corrected chi connectivity index (χ3v) is 1.87. The van der Waals surface area contributed by atoms with Gasteiger partial charge >= 0.3 is 0 Å². The highest BCUT2D eigenvalue weighted by Gasteiger charge is 2.34. The lowest BCUT2D eigenvalue weighted by molar-refractivity contribution is -0.0303. The van der Waals surface area contributed by atoms with Gasteiger partial charge in [-0.3, -0.25) is 9.80 Å². The molecule has 1 fully saturated rings. The second kappa shape index (κ2) is 3.03. The molecule has 0 N–H and O–H groups in total. The van der Waals surface area contributed by atoms with Gasteiger partial charge in [0.25, 0.3) is 5.92 Å². The lowest BCUT2D eigenvalue weighted by atomic mass is 10.3. The largest absolute Gasteiger partial charge is 0.299 e. The average Bonchev–Trinajstić information content (AvgIpc) is 1.89. The van der Waals surface area contributed by atoms with Gasteiger partial charge in [0.1, 0.15) is 0 Å². The molecule has 66 valence electrons. The van der Waals surface area contributed by atoms with E-state index in [0.29, 0.717) is 0 Å². The molecule has 1 heterocycles. The zero-order valence-electron chi connectivity index (χ0n) is 6.98. The Hall–Kier alpha value is -0.220. The Labute approximate surface area is 65.8 Å². The Morgan fingerprint density at radius 3 is 1.73 bits per heavy atom. The molecule has 0 aliphatic carbocycles. The van der Waals surface area contributed by atoms with E-state index in [4.69, 9.17) is 0 Å². The monoisotopic (exact) mass is 164 g/mol. The molecule has 11 heavy (non-hydrogen) atoms. The van der Waals surface area contributed by atoms with Gasteiger partial charge in [0.05, 0.1) is 13.1 Å². The quantitative estimate of drug-likeness (QED) is 0.514. The van der Waals surface area contributed by atoms with Crippen LogP contribution in [0.1, 0.15) is 0 Å². The van der Waals surface area contributed by atoms with Crippen molar-refractivity contribution < 1.29 is 8.78 Å². The van der Waals surface area contributed by atoms with Gasteiger partial charge in [-0.25, -0.2) is 8.78 Å². The van der Waals surface area contributed by atoms with Crippen LogP contribution in [0.2, 0.25) is 0 Å². The van der Waals surface area contributed by atoms with E-state index in [1.54, 1.807) is 23.9 Å². The standard InChI is InChI=1S/C7H14F2N2/c1-10-3-4-11(2)6-7(8,9)5-10/h3-6H2,1-2H3. The number of hydrogen-bond acceptors (Lipinski definition) is 2. The Bertz CT molecular complexity index is 124. The molecule has 0 spiro atoms. The minimum absolute atomic E-state index is 0.114. The minimum atomic E-state index is -2.54. The summed E-state index contributed by atoms with van der Waals surface area (Å²) in [5.74, 6) is -2.54. The fraction of sp³-hybridized carbons (Fsp3) is 1.00. The van der Waals surface area contributed by atoms with Crippen molar-refractivity contribution >= 4 is 0 Å². The maximum atomic E-state index is 12.9. The van der Waals surface area contributed by atoms with Gasteiger partial charge in [-0.2, -0.15) is 0 Å². The van der Waals surface area contributed by atoms with Gasteiger partial charge in [0.2, 0.25) is 0 Å². The number of halogens is 2. The molecular formula is C7H14F2N2. The van der Waals surface area contributed by atoms with Crippen LogP contribution in [0.3, 0.4) is 0 Å². The number of hydrogen-bond donors (Lipinski definition) is 0. The predicted molar refractivity (Wildman–Crippen MR) is 39.9 cm³/mol. The van der Waals surface area contributed by atoms with Crippen molar-refractivity contribution in [2.45, 2.75) is 5.92 Å². The van der Waals surface area contributed by atoms with Crippen molar-refractivity contribution in [3.05, 3.63) is 0 Å². The first-order valence-electron chi connectivity index (χ1n) is 3.74. The van der Waals surface area contributed by atoms with E-state index in [-0.39, 0.29) is 13.1 Å². The first-order valence-corrected chi connectivity index (χ1v) is 3.74. The molecule has 4 heteroatoms. The predicted octanol–water partition coefficient (Wildman–Crippen LogP) is 0.499. The summed E-state index contributed by atoms with van der Waals surface area (Å²) in [7, 11) is 3.46. The summed E-state index contributed by atoms with van der Waals surface area (Å²) in [6.45, 7) is 1.23. The fourth-order valence-corrected chi connectivity index (χ4v) is 1.34. The van der Waals surface area contributed by atoms with Crippen LogP contribution in [-0.2, 0) is 0 Å². The molecular weight excluding hydrogens is 150 g/mol. The summed E-state index contributed by atoms with van der Waals surface area (Å²) in [4.78, 5) is 3.34. The fourth-order valence-electron chi connectivity index (χ4n) is 1.34. The zero-order chi connectivity index (χ0) is 8.48. The third kappa shape index (κ3) is 2.71. The Kier molecular flexibility index (Phi) is 2.44. The van der Waals surface area contributed by atoms with Crippen molar-refractivity contribution in [1.82, 2.24) is 9.80 Å². The third-order valence-electron chi connectivity index (χ3n) is 1.87. The number of likely N-dealkylation sites (N-methyl/N-ethyl adjacent to an activating group) is 2. The second-order valence-corrected chi connectivity index (χ2v) is 3.33. The molecule has 1 aliphatic rings. The Balaban J connectivity index is 2.55. The van der Waals surface area contributed by atoms with Crippen molar-refractivity contribution in [1.29, 1.82) is 0 Å². The smallest absolute Gasteiger partial charge is 0.272 e. The molecule has 0 saturated carbocycles. The summed E-state index contributed by atoms with van der Waals surface area (Å²) in [5.41, 5.74) is 0. The van der Waals surface area contributed by atoms with Gasteiger partial charge in [-0.05, 0) is 14.1 Å². The van der Waals surface area contributed by atoms with Crippen LogP contribution in [0.4, 0.5) is 8.78 Å². The molecule has 0 radical (unpaired) electrons. The highest BCUT2D eigenvalue weighted by Crippen LogP contribution is 2.18. The summed E-state index contributed by atoms with van der Waals surface area (Å²) in [6.07, 6.45) is 0. The van der Waals surface area contributed by atoms with Gasteiger partial charge < -0.3 is 0 Å². The highest BCUT2D eigenvalue weighted by atomic mass is 19.3. The maximum Gasteiger partial charge on any atom is 0.272 e. The van der Waals surface area contributed by atoms with E-state index in [2.05, 4.69) is 0 Å². The van der Waals surface area contributed by atoms with Crippen molar-refractivity contribution in [2.75, 3.05) is 40.3 Å².